The van der Waals surface area contributed by atoms with Gasteiger partial charge in [-0.05, 0) is 25.5 Å². The molecular weight excluding hydrogens is 282 g/mol. The van der Waals surface area contributed by atoms with Crippen LogP contribution >= 0.6 is 0 Å². The number of nitrogens with zero attached hydrogens (tertiary/aromatic N) is 1. The molecule has 0 spiro atoms. The van der Waals surface area contributed by atoms with E-state index < -0.39 is 28.0 Å². The van der Waals surface area contributed by atoms with Crippen molar-refractivity contribution in [3.8, 4) is 5.75 Å². The second-order valence-electron chi connectivity index (χ2n) is 4.74. The average Bonchev–Trinajstić information content (AvgIpc) is 2.81. The van der Waals surface area contributed by atoms with Gasteiger partial charge in [0.25, 0.3) is 0 Å². The highest BCUT2D eigenvalue weighted by atomic mass is 32.2. The third-order valence-electron chi connectivity index (χ3n) is 3.67. The molecule has 110 valence electrons. The summed E-state index contributed by atoms with van der Waals surface area (Å²) in [6.45, 7) is 1.83. The van der Waals surface area contributed by atoms with Crippen LogP contribution in [0.3, 0.4) is 0 Å². The fourth-order valence-corrected chi connectivity index (χ4v) is 4.38. The van der Waals surface area contributed by atoms with Gasteiger partial charge in [-0.25, -0.2) is 8.42 Å². The predicted octanol–water partition coefficient (Wildman–Crippen LogP) is 1.18. The summed E-state index contributed by atoms with van der Waals surface area (Å²) < 4.78 is 31.6. The van der Waals surface area contributed by atoms with Crippen LogP contribution in [0.2, 0.25) is 0 Å². The Balaban J connectivity index is 2.39. The molecule has 1 fully saturated rings. The number of hydrogen-bond acceptors (Lipinski definition) is 4. The van der Waals surface area contributed by atoms with Crippen molar-refractivity contribution >= 4 is 16.0 Å². The van der Waals surface area contributed by atoms with Gasteiger partial charge in [0, 0.05) is 12.6 Å². The van der Waals surface area contributed by atoms with Crippen LogP contribution in [0.5, 0.6) is 5.75 Å². The lowest BCUT2D eigenvalue weighted by Crippen LogP contribution is -2.37. The van der Waals surface area contributed by atoms with E-state index in [9.17, 15) is 13.2 Å². The van der Waals surface area contributed by atoms with Gasteiger partial charge < -0.3 is 9.84 Å². The molecule has 1 heterocycles. The minimum absolute atomic E-state index is 0.0698. The minimum atomic E-state index is -3.75. The van der Waals surface area contributed by atoms with Crippen LogP contribution in [0.25, 0.3) is 0 Å². The Labute approximate surface area is 118 Å². The molecular formula is C13H17NO5S. The topological polar surface area (TPSA) is 83.9 Å². The van der Waals surface area contributed by atoms with Gasteiger partial charge in [-0.15, -0.1) is 0 Å². The molecule has 7 heteroatoms. The van der Waals surface area contributed by atoms with Crippen molar-refractivity contribution in [2.24, 2.45) is 5.92 Å². The number of sulfonamides is 1. The highest BCUT2D eigenvalue weighted by Gasteiger charge is 2.42. The normalized spacial score (nSPS) is 23.7. The molecule has 1 aromatic carbocycles. The smallest absolute Gasteiger partial charge is 0.308 e. The van der Waals surface area contributed by atoms with Gasteiger partial charge in [0.2, 0.25) is 10.0 Å². The fourth-order valence-electron chi connectivity index (χ4n) is 2.54. The van der Waals surface area contributed by atoms with E-state index in [0.29, 0.717) is 6.42 Å². The zero-order chi connectivity index (χ0) is 14.9. The third-order valence-corrected chi connectivity index (χ3v) is 5.70. The monoisotopic (exact) mass is 299 g/mol. The summed E-state index contributed by atoms with van der Waals surface area (Å²) >= 11 is 0. The molecule has 20 heavy (non-hydrogen) atoms. The van der Waals surface area contributed by atoms with E-state index in [1.807, 2.05) is 0 Å². The fraction of sp³-hybridized carbons (Fsp3) is 0.462. The predicted molar refractivity (Wildman–Crippen MR) is 72.1 cm³/mol. The van der Waals surface area contributed by atoms with E-state index in [4.69, 9.17) is 9.84 Å². The Morgan fingerprint density at radius 2 is 2.05 bits per heavy atom. The maximum atomic E-state index is 12.6. The molecule has 0 saturated carbocycles. The number of hydrogen-bond donors (Lipinski definition) is 1. The first-order valence-corrected chi connectivity index (χ1v) is 7.71. The molecule has 0 amide bonds. The van der Waals surface area contributed by atoms with E-state index in [-0.39, 0.29) is 17.2 Å². The van der Waals surface area contributed by atoms with Crippen molar-refractivity contribution in [1.29, 1.82) is 0 Å². The number of carboxylic acids is 1. The van der Waals surface area contributed by atoms with Crippen molar-refractivity contribution in [1.82, 2.24) is 4.31 Å². The number of aliphatic carboxylic acids is 1. The quantitative estimate of drug-likeness (QED) is 0.902. The van der Waals surface area contributed by atoms with Gasteiger partial charge in [0.1, 0.15) is 10.6 Å². The molecule has 1 aliphatic rings. The molecule has 1 N–H and O–H groups in total. The van der Waals surface area contributed by atoms with Crippen molar-refractivity contribution in [3.05, 3.63) is 24.3 Å². The van der Waals surface area contributed by atoms with Crippen LogP contribution in [-0.4, -0.2) is 43.5 Å². The molecule has 0 aromatic heterocycles. The first-order valence-electron chi connectivity index (χ1n) is 6.27. The average molecular weight is 299 g/mol. The molecule has 2 rings (SSSR count). The number of ether oxygens (including phenoxy) is 1. The van der Waals surface area contributed by atoms with Gasteiger partial charge in [-0.2, -0.15) is 4.31 Å². The lowest BCUT2D eigenvalue weighted by atomic mass is 10.0. The Hall–Kier alpha value is -1.60. The van der Waals surface area contributed by atoms with E-state index in [1.165, 1.54) is 17.5 Å². The second-order valence-corrected chi connectivity index (χ2v) is 6.60. The van der Waals surface area contributed by atoms with Crippen LogP contribution in [0, 0.1) is 5.92 Å². The van der Waals surface area contributed by atoms with Crippen molar-refractivity contribution < 1.29 is 23.1 Å². The molecule has 0 bridgehead atoms. The summed E-state index contributed by atoms with van der Waals surface area (Å²) in [5, 5.41) is 9.09. The number of methoxy groups -OCH3 is 1. The Morgan fingerprint density at radius 3 is 2.60 bits per heavy atom. The first-order chi connectivity index (χ1) is 9.39. The third kappa shape index (κ3) is 2.38. The Bertz CT molecular complexity index is 613. The van der Waals surface area contributed by atoms with Crippen LogP contribution in [0.15, 0.2) is 29.2 Å². The molecule has 2 atom stereocenters. The van der Waals surface area contributed by atoms with Crippen molar-refractivity contribution in [2.75, 3.05) is 13.7 Å². The number of rotatable bonds is 4. The van der Waals surface area contributed by atoms with Crippen molar-refractivity contribution in [3.63, 3.8) is 0 Å². The Kier molecular flexibility index (Phi) is 4.01. The number of para-hydroxylation sites is 1. The van der Waals surface area contributed by atoms with Crippen LogP contribution in [-0.2, 0) is 14.8 Å². The number of carboxylic acid groups (broad SMARTS) is 1. The van der Waals surface area contributed by atoms with Gasteiger partial charge >= 0.3 is 5.97 Å². The summed E-state index contributed by atoms with van der Waals surface area (Å²) in [6.07, 6.45) is 0.324. The van der Waals surface area contributed by atoms with Gasteiger partial charge in [0.15, 0.2) is 0 Å². The van der Waals surface area contributed by atoms with Gasteiger partial charge in [-0.1, -0.05) is 12.1 Å². The standard InChI is InChI=1S/C13H17NO5S/c1-9-10(13(15)16)7-8-14(9)20(17,18)12-6-4-3-5-11(12)19-2/h3-6,9-10H,7-8H2,1-2H3,(H,15,16). The highest BCUT2D eigenvalue weighted by molar-refractivity contribution is 7.89. The van der Waals surface area contributed by atoms with Crippen molar-refractivity contribution in [2.45, 2.75) is 24.3 Å². The summed E-state index contributed by atoms with van der Waals surface area (Å²) in [6, 6.07) is 5.77. The molecule has 6 nitrogen and oxygen atoms in total. The van der Waals surface area contributed by atoms with E-state index in [0.717, 1.165) is 0 Å². The molecule has 1 aromatic rings. The second kappa shape index (κ2) is 5.41. The van der Waals surface area contributed by atoms with E-state index in [2.05, 4.69) is 0 Å². The first kappa shape index (κ1) is 14.8. The number of benzene rings is 1. The van der Waals surface area contributed by atoms with E-state index >= 15 is 0 Å². The summed E-state index contributed by atoms with van der Waals surface area (Å²) in [5.41, 5.74) is 0. The molecule has 1 saturated heterocycles. The molecule has 0 radical (unpaired) electrons. The van der Waals surface area contributed by atoms with Gasteiger partial charge in [-0.3, -0.25) is 4.79 Å². The maximum Gasteiger partial charge on any atom is 0.308 e. The number of carbonyl (C=O) groups is 1. The zero-order valence-electron chi connectivity index (χ0n) is 11.3. The largest absolute Gasteiger partial charge is 0.495 e. The van der Waals surface area contributed by atoms with Gasteiger partial charge in [0.05, 0.1) is 13.0 Å². The zero-order valence-corrected chi connectivity index (χ0v) is 12.1. The minimum Gasteiger partial charge on any atom is -0.495 e. The van der Waals surface area contributed by atoms with Crippen LogP contribution in [0.4, 0.5) is 0 Å². The molecule has 1 aliphatic heterocycles. The molecule has 0 aliphatic carbocycles. The lowest BCUT2D eigenvalue weighted by Gasteiger charge is -2.23. The Morgan fingerprint density at radius 1 is 1.40 bits per heavy atom. The summed E-state index contributed by atoms with van der Waals surface area (Å²) in [7, 11) is -2.35. The SMILES string of the molecule is COc1ccccc1S(=O)(=O)N1CCC(C(=O)O)C1C. The summed E-state index contributed by atoms with van der Waals surface area (Å²) in [5.74, 6) is -1.37. The maximum absolute atomic E-state index is 12.6. The highest BCUT2D eigenvalue weighted by Crippen LogP contribution is 2.33. The molecule has 2 unspecified atom stereocenters. The summed E-state index contributed by atoms with van der Waals surface area (Å²) in [4.78, 5) is 11.2. The van der Waals surface area contributed by atoms with Crippen LogP contribution < -0.4 is 4.74 Å². The lowest BCUT2D eigenvalue weighted by molar-refractivity contribution is -0.142. The van der Waals surface area contributed by atoms with E-state index in [1.54, 1.807) is 25.1 Å². The van der Waals surface area contributed by atoms with Crippen LogP contribution in [0.1, 0.15) is 13.3 Å².